The predicted molar refractivity (Wildman–Crippen MR) is 95.7 cm³/mol. The van der Waals surface area contributed by atoms with Gasteiger partial charge < -0.3 is 10.4 Å². The minimum absolute atomic E-state index is 0.223. The van der Waals surface area contributed by atoms with Gasteiger partial charge in [0.1, 0.15) is 5.54 Å². The van der Waals surface area contributed by atoms with Crippen molar-refractivity contribution in [1.29, 1.82) is 0 Å². The monoisotopic (exact) mass is 383 g/mol. The zero-order chi connectivity index (χ0) is 18.1. The number of hydrogen-bond donors (Lipinski definition) is 2. The van der Waals surface area contributed by atoms with Gasteiger partial charge in [0.2, 0.25) is 0 Å². The molecule has 2 N–H and O–H groups in total. The maximum Gasteiger partial charge on any atom is 0.330 e. The molecule has 0 bridgehead atoms. The van der Waals surface area contributed by atoms with Gasteiger partial charge in [-0.1, -0.05) is 12.8 Å². The first-order valence-electron chi connectivity index (χ1n) is 8.33. The molecule has 1 aromatic carbocycles. The Balaban J connectivity index is 1.76. The van der Waals surface area contributed by atoms with Gasteiger partial charge in [0.25, 0.3) is 5.91 Å². The summed E-state index contributed by atoms with van der Waals surface area (Å²) < 4.78 is 25.1. The van der Waals surface area contributed by atoms with Crippen LogP contribution in [-0.4, -0.2) is 47.7 Å². The number of amides is 1. The second-order valence-electron chi connectivity index (χ2n) is 6.62. The zero-order valence-corrected chi connectivity index (χ0v) is 15.4. The number of benzene rings is 1. The summed E-state index contributed by atoms with van der Waals surface area (Å²) in [4.78, 5) is 24.1. The highest BCUT2D eigenvalue weighted by Crippen LogP contribution is 2.30. The number of carbonyl (C=O) groups is 2. The lowest BCUT2D eigenvalue weighted by Gasteiger charge is -2.24. The Hall–Kier alpha value is -1.54. The van der Waals surface area contributed by atoms with E-state index in [1.165, 1.54) is 36.0 Å². The summed E-state index contributed by atoms with van der Waals surface area (Å²) in [5, 5.41) is 11.7. The fourth-order valence-electron chi connectivity index (χ4n) is 3.36. The normalized spacial score (nSPS) is 24.3. The zero-order valence-electron chi connectivity index (χ0n) is 13.7. The first-order chi connectivity index (χ1) is 11.8. The molecule has 0 aromatic heterocycles. The van der Waals surface area contributed by atoms with E-state index < -0.39 is 27.3 Å². The van der Waals surface area contributed by atoms with Gasteiger partial charge in [-0.2, -0.15) is 11.8 Å². The quantitative estimate of drug-likeness (QED) is 0.807. The molecule has 25 heavy (non-hydrogen) atoms. The van der Waals surface area contributed by atoms with E-state index in [1.807, 2.05) is 0 Å². The molecule has 1 aromatic rings. The molecule has 1 unspecified atom stereocenters. The maximum absolute atomic E-state index is 12.6. The van der Waals surface area contributed by atoms with E-state index in [0.29, 0.717) is 30.8 Å². The van der Waals surface area contributed by atoms with Crippen molar-refractivity contribution < 1.29 is 23.1 Å². The van der Waals surface area contributed by atoms with Crippen molar-refractivity contribution in [1.82, 2.24) is 5.32 Å². The number of rotatable bonds is 5. The predicted octanol–water partition coefficient (Wildman–Crippen LogP) is 2.09. The molecule has 1 atom stereocenters. The highest BCUT2D eigenvalue weighted by molar-refractivity contribution is 7.99. The number of carboxylic acid groups (broad SMARTS) is 1. The molecule has 136 valence electrons. The van der Waals surface area contributed by atoms with Crippen LogP contribution >= 0.6 is 11.8 Å². The van der Waals surface area contributed by atoms with Crippen LogP contribution in [0.5, 0.6) is 0 Å². The first kappa shape index (κ1) is 18.3. The number of carbonyl (C=O) groups excluding carboxylic acids is 1. The van der Waals surface area contributed by atoms with E-state index in [-0.39, 0.29) is 15.7 Å². The standard InChI is InChI=1S/C17H21NO5S2/c19-15(18-17(16(20)21)9-10-24-11-17)12-5-7-14(8-6-12)25(22,23)13-3-1-2-4-13/h5-8,13H,1-4,9-11H2,(H,18,19)(H,20,21). The summed E-state index contributed by atoms with van der Waals surface area (Å²) in [5.41, 5.74) is -0.973. The third-order valence-corrected chi connectivity index (χ3v) is 8.44. The Labute approximate surface area is 151 Å². The third kappa shape index (κ3) is 3.55. The van der Waals surface area contributed by atoms with Crippen LogP contribution in [-0.2, 0) is 14.6 Å². The van der Waals surface area contributed by atoms with Crippen LogP contribution in [0.4, 0.5) is 0 Å². The second-order valence-corrected chi connectivity index (χ2v) is 9.95. The number of aliphatic carboxylic acids is 1. The molecule has 1 aliphatic heterocycles. The smallest absolute Gasteiger partial charge is 0.330 e. The van der Waals surface area contributed by atoms with E-state index in [4.69, 9.17) is 0 Å². The fraction of sp³-hybridized carbons (Fsp3) is 0.529. The maximum atomic E-state index is 12.6. The molecule has 6 nitrogen and oxygen atoms in total. The van der Waals surface area contributed by atoms with Crippen molar-refractivity contribution in [2.24, 2.45) is 0 Å². The minimum atomic E-state index is -3.36. The van der Waals surface area contributed by atoms with Gasteiger partial charge in [-0.15, -0.1) is 0 Å². The summed E-state index contributed by atoms with van der Waals surface area (Å²) in [5.74, 6) is -0.506. The van der Waals surface area contributed by atoms with Gasteiger partial charge in [0.15, 0.2) is 9.84 Å². The van der Waals surface area contributed by atoms with Gasteiger partial charge in [-0.3, -0.25) is 4.79 Å². The van der Waals surface area contributed by atoms with Gasteiger partial charge in [-0.25, -0.2) is 13.2 Å². The average Bonchev–Trinajstić information content (AvgIpc) is 3.27. The van der Waals surface area contributed by atoms with Crippen LogP contribution in [0.3, 0.4) is 0 Å². The van der Waals surface area contributed by atoms with Crippen molar-refractivity contribution in [2.75, 3.05) is 11.5 Å². The van der Waals surface area contributed by atoms with E-state index in [9.17, 15) is 23.1 Å². The Bertz CT molecular complexity index is 761. The third-order valence-electron chi connectivity index (χ3n) is 4.97. The average molecular weight is 383 g/mol. The van der Waals surface area contributed by atoms with E-state index in [0.717, 1.165) is 12.8 Å². The molecule has 8 heteroatoms. The van der Waals surface area contributed by atoms with Crippen molar-refractivity contribution in [3.05, 3.63) is 29.8 Å². The van der Waals surface area contributed by atoms with Crippen LogP contribution in [0.15, 0.2) is 29.2 Å². The molecular weight excluding hydrogens is 362 g/mol. The number of thioether (sulfide) groups is 1. The van der Waals surface area contributed by atoms with Crippen molar-refractivity contribution in [3.8, 4) is 0 Å². The molecule has 1 aliphatic carbocycles. The van der Waals surface area contributed by atoms with Crippen molar-refractivity contribution in [3.63, 3.8) is 0 Å². The van der Waals surface area contributed by atoms with Gasteiger partial charge in [0, 0.05) is 11.3 Å². The Kier molecular flexibility index (Phi) is 5.11. The minimum Gasteiger partial charge on any atom is -0.479 e. The molecule has 0 spiro atoms. The Morgan fingerprint density at radius 1 is 1.16 bits per heavy atom. The molecule has 2 fully saturated rings. The molecule has 2 aliphatic rings. The van der Waals surface area contributed by atoms with Crippen molar-refractivity contribution in [2.45, 2.75) is 47.8 Å². The van der Waals surface area contributed by atoms with Crippen LogP contribution in [0, 0.1) is 0 Å². The van der Waals surface area contributed by atoms with Gasteiger partial charge in [0.05, 0.1) is 10.1 Å². The summed E-state index contributed by atoms with van der Waals surface area (Å²) >= 11 is 1.49. The van der Waals surface area contributed by atoms with Crippen LogP contribution in [0.25, 0.3) is 0 Å². The molecule has 1 saturated heterocycles. The number of carboxylic acids is 1. The summed E-state index contributed by atoms with van der Waals surface area (Å²) in [6.07, 6.45) is 3.61. The molecule has 3 rings (SSSR count). The van der Waals surface area contributed by atoms with Crippen LogP contribution in [0.2, 0.25) is 0 Å². The summed E-state index contributed by atoms with van der Waals surface area (Å²) in [7, 11) is -3.36. The lowest BCUT2D eigenvalue weighted by molar-refractivity contribution is -0.143. The lowest BCUT2D eigenvalue weighted by atomic mass is 9.98. The SMILES string of the molecule is O=C(NC1(C(=O)O)CCSC1)c1ccc(S(=O)(=O)C2CCCC2)cc1. The summed E-state index contributed by atoms with van der Waals surface area (Å²) in [6.45, 7) is 0. The van der Waals surface area contributed by atoms with E-state index in [2.05, 4.69) is 5.32 Å². The topological polar surface area (TPSA) is 101 Å². The summed E-state index contributed by atoms with van der Waals surface area (Å²) in [6, 6.07) is 5.79. The van der Waals surface area contributed by atoms with Crippen LogP contribution < -0.4 is 5.32 Å². The number of nitrogens with one attached hydrogen (secondary N) is 1. The van der Waals surface area contributed by atoms with Crippen molar-refractivity contribution >= 4 is 33.5 Å². The largest absolute Gasteiger partial charge is 0.479 e. The fourth-order valence-corrected chi connectivity index (χ4v) is 6.54. The highest BCUT2D eigenvalue weighted by Gasteiger charge is 2.43. The molecule has 1 saturated carbocycles. The molecule has 1 amide bonds. The molecule has 1 heterocycles. The number of sulfone groups is 1. The van der Waals surface area contributed by atoms with Crippen LogP contribution in [0.1, 0.15) is 42.5 Å². The number of hydrogen-bond acceptors (Lipinski definition) is 5. The lowest BCUT2D eigenvalue weighted by Crippen LogP contribution is -2.54. The Morgan fingerprint density at radius 3 is 2.32 bits per heavy atom. The van der Waals surface area contributed by atoms with Gasteiger partial charge in [-0.05, 0) is 49.3 Å². The first-order valence-corrected chi connectivity index (χ1v) is 11.0. The Morgan fingerprint density at radius 2 is 1.80 bits per heavy atom. The highest BCUT2D eigenvalue weighted by atomic mass is 32.2. The second kappa shape index (κ2) is 6.99. The molecule has 0 radical (unpaired) electrons. The van der Waals surface area contributed by atoms with E-state index >= 15 is 0 Å². The molecular formula is C17H21NO5S2. The van der Waals surface area contributed by atoms with E-state index in [1.54, 1.807) is 0 Å². The van der Waals surface area contributed by atoms with Gasteiger partial charge >= 0.3 is 5.97 Å².